The van der Waals surface area contributed by atoms with E-state index in [-0.39, 0.29) is 5.82 Å². The molecule has 5 heteroatoms. The van der Waals surface area contributed by atoms with Crippen molar-refractivity contribution in [1.29, 1.82) is 0 Å². The second-order valence-electron chi connectivity index (χ2n) is 4.05. The molecule has 0 atom stereocenters. The molecule has 0 bridgehead atoms. The zero-order valence-corrected chi connectivity index (χ0v) is 10.7. The van der Waals surface area contributed by atoms with Gasteiger partial charge in [0.1, 0.15) is 11.3 Å². The van der Waals surface area contributed by atoms with Crippen molar-refractivity contribution in [3.8, 4) is 0 Å². The number of benzene rings is 1. The lowest BCUT2D eigenvalue weighted by Crippen LogP contribution is -2.21. The maximum atomic E-state index is 13.6. The minimum Gasteiger partial charge on any atom is -0.383 e. The van der Waals surface area contributed by atoms with E-state index in [1.54, 1.807) is 13.2 Å². The van der Waals surface area contributed by atoms with E-state index < -0.39 is 0 Å². The lowest BCUT2D eigenvalue weighted by atomic mass is 10.3. The van der Waals surface area contributed by atoms with Crippen molar-refractivity contribution in [2.24, 2.45) is 0 Å². The second kappa shape index (κ2) is 5.93. The minimum atomic E-state index is -0.266. The second-order valence-corrected chi connectivity index (χ2v) is 4.05. The molecule has 0 aliphatic rings. The number of nitrogens with one attached hydrogen (secondary N) is 1. The van der Waals surface area contributed by atoms with Gasteiger partial charge in [-0.25, -0.2) is 9.37 Å². The molecule has 0 amide bonds. The van der Waals surface area contributed by atoms with Gasteiger partial charge in [0.05, 0.1) is 18.7 Å². The van der Waals surface area contributed by atoms with Crippen LogP contribution in [-0.4, -0.2) is 29.8 Å². The van der Waals surface area contributed by atoms with Crippen molar-refractivity contribution in [3.05, 3.63) is 29.8 Å². The Morgan fingerprint density at radius 3 is 3.00 bits per heavy atom. The van der Waals surface area contributed by atoms with Gasteiger partial charge in [0, 0.05) is 20.2 Å². The molecule has 18 heavy (non-hydrogen) atoms. The maximum Gasteiger partial charge on any atom is 0.151 e. The van der Waals surface area contributed by atoms with Crippen LogP contribution in [0, 0.1) is 5.82 Å². The molecule has 0 saturated carbocycles. The highest BCUT2D eigenvalue weighted by Gasteiger charge is 2.11. The molecule has 1 aromatic carbocycles. The number of hydrogen-bond acceptors (Lipinski definition) is 3. The minimum absolute atomic E-state index is 0.266. The summed E-state index contributed by atoms with van der Waals surface area (Å²) in [5.41, 5.74) is 1.30. The lowest BCUT2D eigenvalue weighted by Gasteiger charge is -2.07. The molecule has 1 aromatic heterocycles. The summed E-state index contributed by atoms with van der Waals surface area (Å²) in [6, 6.07) is 5.05. The van der Waals surface area contributed by atoms with Gasteiger partial charge >= 0.3 is 0 Å². The molecule has 0 saturated heterocycles. The summed E-state index contributed by atoms with van der Waals surface area (Å²) in [7, 11) is 1.67. The van der Waals surface area contributed by atoms with Crippen LogP contribution in [0.15, 0.2) is 18.2 Å². The summed E-state index contributed by atoms with van der Waals surface area (Å²) >= 11 is 0. The molecule has 2 aromatic rings. The zero-order chi connectivity index (χ0) is 13.0. The van der Waals surface area contributed by atoms with E-state index in [9.17, 15) is 4.39 Å². The number of aromatic nitrogens is 2. The highest BCUT2D eigenvalue weighted by Crippen LogP contribution is 2.18. The fraction of sp³-hybridized carbons (Fsp3) is 0.462. The molecule has 0 fully saturated rings. The first-order valence-electron chi connectivity index (χ1n) is 6.11. The third kappa shape index (κ3) is 2.52. The van der Waals surface area contributed by atoms with Gasteiger partial charge in [-0.2, -0.15) is 0 Å². The van der Waals surface area contributed by atoms with Gasteiger partial charge in [0.2, 0.25) is 0 Å². The van der Waals surface area contributed by atoms with Crippen LogP contribution in [0.1, 0.15) is 12.7 Å². The van der Waals surface area contributed by atoms with Gasteiger partial charge < -0.3 is 14.6 Å². The van der Waals surface area contributed by atoms with Gasteiger partial charge in [0.15, 0.2) is 5.82 Å². The van der Waals surface area contributed by atoms with Crippen molar-refractivity contribution in [1.82, 2.24) is 14.9 Å². The van der Waals surface area contributed by atoms with Gasteiger partial charge in [-0.15, -0.1) is 0 Å². The van der Waals surface area contributed by atoms with Crippen LogP contribution in [0.4, 0.5) is 4.39 Å². The fourth-order valence-corrected chi connectivity index (χ4v) is 2.02. The molecular formula is C13H18FN3O. The summed E-state index contributed by atoms with van der Waals surface area (Å²) in [6.45, 7) is 4.84. The quantitative estimate of drug-likeness (QED) is 0.797. The topological polar surface area (TPSA) is 39.1 Å². The van der Waals surface area contributed by atoms with Crippen LogP contribution in [-0.2, 0) is 17.8 Å². The van der Waals surface area contributed by atoms with E-state index in [0.29, 0.717) is 18.7 Å². The van der Waals surface area contributed by atoms with Crippen molar-refractivity contribution >= 4 is 11.0 Å². The summed E-state index contributed by atoms with van der Waals surface area (Å²) in [5.74, 6) is 0.589. The Bertz CT molecular complexity index is 524. The van der Waals surface area contributed by atoms with Crippen molar-refractivity contribution < 1.29 is 9.13 Å². The predicted molar refractivity (Wildman–Crippen MR) is 68.9 cm³/mol. The molecule has 0 aliphatic carbocycles. The molecule has 0 spiro atoms. The molecule has 0 unspecified atom stereocenters. The van der Waals surface area contributed by atoms with Crippen LogP contribution in [0.3, 0.4) is 0 Å². The Kier molecular flexibility index (Phi) is 4.28. The predicted octanol–water partition coefficient (Wildman–Crippen LogP) is 1.93. The Hall–Kier alpha value is -1.46. The first-order valence-corrected chi connectivity index (χ1v) is 6.11. The van der Waals surface area contributed by atoms with Crippen molar-refractivity contribution in [2.45, 2.75) is 20.0 Å². The van der Waals surface area contributed by atoms with Crippen LogP contribution < -0.4 is 5.32 Å². The first kappa shape index (κ1) is 13.0. The third-order valence-corrected chi connectivity index (χ3v) is 2.89. The highest BCUT2D eigenvalue weighted by atomic mass is 19.1. The van der Waals surface area contributed by atoms with Crippen molar-refractivity contribution in [3.63, 3.8) is 0 Å². The van der Waals surface area contributed by atoms with Crippen LogP contribution in [0.25, 0.3) is 11.0 Å². The summed E-state index contributed by atoms with van der Waals surface area (Å²) in [6.07, 6.45) is 0. The van der Waals surface area contributed by atoms with Gasteiger partial charge in [-0.3, -0.25) is 0 Å². The number of ether oxygens (including phenoxy) is 1. The lowest BCUT2D eigenvalue weighted by molar-refractivity contribution is 0.199. The zero-order valence-electron chi connectivity index (χ0n) is 10.7. The number of halogens is 1. The van der Waals surface area contributed by atoms with Crippen molar-refractivity contribution in [2.75, 3.05) is 20.3 Å². The molecule has 0 radical (unpaired) electrons. The third-order valence-electron chi connectivity index (χ3n) is 2.89. The summed E-state index contributed by atoms with van der Waals surface area (Å²) < 4.78 is 20.6. The molecule has 98 valence electrons. The molecule has 0 aliphatic heterocycles. The number of imidazole rings is 1. The fourth-order valence-electron chi connectivity index (χ4n) is 2.02. The number of para-hydroxylation sites is 1. The van der Waals surface area contributed by atoms with Crippen LogP contribution >= 0.6 is 0 Å². The average molecular weight is 251 g/mol. The average Bonchev–Trinajstić information content (AvgIpc) is 2.74. The first-order chi connectivity index (χ1) is 8.77. The maximum absolute atomic E-state index is 13.6. The Morgan fingerprint density at radius 1 is 1.44 bits per heavy atom. The highest BCUT2D eigenvalue weighted by molar-refractivity contribution is 5.76. The Morgan fingerprint density at radius 2 is 2.28 bits per heavy atom. The molecule has 4 nitrogen and oxygen atoms in total. The number of fused-ring (bicyclic) bond motifs is 1. The van der Waals surface area contributed by atoms with E-state index >= 15 is 0 Å². The van der Waals surface area contributed by atoms with E-state index in [0.717, 1.165) is 24.4 Å². The smallest absolute Gasteiger partial charge is 0.151 e. The normalized spacial score (nSPS) is 11.3. The van der Waals surface area contributed by atoms with E-state index in [1.165, 1.54) is 6.07 Å². The van der Waals surface area contributed by atoms with Crippen LogP contribution in [0.2, 0.25) is 0 Å². The molecule has 2 rings (SSSR count). The SMILES string of the molecule is CCn1c(CNCCOC)nc2c(F)cccc21. The number of nitrogens with zero attached hydrogens (tertiary/aromatic N) is 2. The molecule has 1 heterocycles. The van der Waals surface area contributed by atoms with Gasteiger partial charge in [-0.05, 0) is 19.1 Å². The Balaban J connectivity index is 2.24. The van der Waals surface area contributed by atoms with Gasteiger partial charge in [0.25, 0.3) is 0 Å². The standard InChI is InChI=1S/C13H18FN3O/c1-3-17-11-6-4-5-10(14)13(11)16-12(17)9-15-7-8-18-2/h4-6,15H,3,7-9H2,1-2H3. The Labute approximate surface area is 106 Å². The van der Waals surface area contributed by atoms with E-state index in [4.69, 9.17) is 4.74 Å². The van der Waals surface area contributed by atoms with E-state index in [1.807, 2.05) is 17.6 Å². The van der Waals surface area contributed by atoms with E-state index in [2.05, 4.69) is 10.3 Å². The summed E-state index contributed by atoms with van der Waals surface area (Å²) in [4.78, 5) is 4.37. The summed E-state index contributed by atoms with van der Waals surface area (Å²) in [5, 5.41) is 3.23. The largest absolute Gasteiger partial charge is 0.383 e. The number of aryl methyl sites for hydroxylation is 1. The number of rotatable bonds is 6. The number of hydrogen-bond donors (Lipinski definition) is 1. The molecule has 1 N–H and O–H groups in total. The van der Waals surface area contributed by atoms with Crippen LogP contribution in [0.5, 0.6) is 0 Å². The monoisotopic (exact) mass is 251 g/mol. The number of methoxy groups -OCH3 is 1. The van der Waals surface area contributed by atoms with Gasteiger partial charge in [-0.1, -0.05) is 6.07 Å². The molecular weight excluding hydrogens is 233 g/mol.